The lowest BCUT2D eigenvalue weighted by Crippen LogP contribution is -2.49. The van der Waals surface area contributed by atoms with Gasteiger partial charge in [0.05, 0.1) is 24.9 Å². The number of rotatable bonds is 4. The van der Waals surface area contributed by atoms with E-state index in [2.05, 4.69) is 19.8 Å². The fraction of sp³-hybridized carbons (Fsp3) is 0.333. The Balaban J connectivity index is 1.54. The molecule has 1 aromatic carbocycles. The molecule has 0 unspecified atom stereocenters. The number of nitrogen functional groups attached to an aromatic ring is 1. The van der Waals surface area contributed by atoms with Crippen molar-refractivity contribution in [1.29, 1.82) is 5.26 Å². The molecular formula is C18H18N8O5. The molecule has 0 atom stereocenters. The lowest BCUT2D eigenvalue weighted by atomic mass is 10.2. The van der Waals surface area contributed by atoms with Gasteiger partial charge in [-0.25, -0.2) is 4.98 Å². The Morgan fingerprint density at radius 1 is 1.23 bits per heavy atom. The Kier molecular flexibility index (Phi) is 5.04. The average Bonchev–Trinajstić information content (AvgIpc) is 3.18. The van der Waals surface area contributed by atoms with Crippen LogP contribution in [0, 0.1) is 16.5 Å². The number of benzene rings is 1. The molecule has 1 aliphatic heterocycles. The first-order chi connectivity index (χ1) is 15.0. The largest absolute Gasteiger partial charge is 0.493 e. The van der Waals surface area contributed by atoms with E-state index in [4.69, 9.17) is 20.5 Å². The van der Waals surface area contributed by atoms with Gasteiger partial charge in [-0.3, -0.25) is 9.42 Å². The van der Waals surface area contributed by atoms with Gasteiger partial charge < -0.3 is 30.2 Å². The summed E-state index contributed by atoms with van der Waals surface area (Å²) in [5.41, 5.74) is 5.96. The number of methoxy groups -OCH3 is 2. The first-order valence-electron chi connectivity index (χ1n) is 9.20. The first-order valence-corrected chi connectivity index (χ1v) is 9.20. The van der Waals surface area contributed by atoms with Crippen LogP contribution in [-0.4, -0.2) is 66.3 Å². The van der Waals surface area contributed by atoms with Crippen LogP contribution in [0.1, 0.15) is 16.2 Å². The van der Waals surface area contributed by atoms with E-state index in [-0.39, 0.29) is 10.6 Å². The topological polar surface area (TPSA) is 171 Å². The summed E-state index contributed by atoms with van der Waals surface area (Å²) in [4.78, 5) is 24.9. The number of anilines is 2. The van der Waals surface area contributed by atoms with Crippen LogP contribution in [0.25, 0.3) is 10.9 Å². The predicted octanol–water partition coefficient (Wildman–Crippen LogP) is -0.315. The van der Waals surface area contributed by atoms with Crippen LogP contribution in [0.4, 0.5) is 11.8 Å². The Morgan fingerprint density at radius 3 is 2.55 bits per heavy atom. The van der Waals surface area contributed by atoms with Crippen molar-refractivity contribution in [3.8, 4) is 17.6 Å². The molecule has 13 nitrogen and oxygen atoms in total. The van der Waals surface area contributed by atoms with Gasteiger partial charge in [-0.15, -0.1) is 0 Å². The van der Waals surface area contributed by atoms with Gasteiger partial charge in [0.1, 0.15) is 5.82 Å². The maximum atomic E-state index is 12.6. The van der Waals surface area contributed by atoms with Gasteiger partial charge in [0, 0.05) is 37.6 Å². The number of nitrogens with two attached hydrogens (primary N) is 1. The number of carbonyl (C=O) groups is 1. The van der Waals surface area contributed by atoms with Crippen molar-refractivity contribution < 1.29 is 23.8 Å². The van der Waals surface area contributed by atoms with E-state index in [1.807, 2.05) is 4.90 Å². The molecule has 1 amide bonds. The summed E-state index contributed by atoms with van der Waals surface area (Å²) in [5.74, 6) is 1.20. The van der Waals surface area contributed by atoms with Crippen molar-refractivity contribution in [1.82, 2.24) is 20.0 Å². The van der Waals surface area contributed by atoms with Crippen molar-refractivity contribution >= 4 is 28.6 Å². The van der Waals surface area contributed by atoms with E-state index in [0.717, 1.165) is 0 Å². The normalized spacial score (nSPS) is 13.8. The number of carbonyl (C=O) groups excluding carboxylic acids is 1. The maximum Gasteiger partial charge on any atom is 0.323 e. The summed E-state index contributed by atoms with van der Waals surface area (Å²) < 4.78 is 15.0. The van der Waals surface area contributed by atoms with Gasteiger partial charge >= 0.3 is 17.3 Å². The third-order valence-electron chi connectivity index (χ3n) is 4.99. The van der Waals surface area contributed by atoms with Gasteiger partial charge in [-0.2, -0.15) is 10.2 Å². The summed E-state index contributed by atoms with van der Waals surface area (Å²) >= 11 is 0. The van der Waals surface area contributed by atoms with Crippen molar-refractivity contribution in [2.24, 2.45) is 0 Å². The zero-order chi connectivity index (χ0) is 22.1. The van der Waals surface area contributed by atoms with Gasteiger partial charge in [0.15, 0.2) is 17.6 Å². The van der Waals surface area contributed by atoms with E-state index in [1.165, 1.54) is 19.1 Å². The number of amides is 1. The van der Waals surface area contributed by atoms with Gasteiger partial charge in [0.2, 0.25) is 5.95 Å². The number of nitriles is 1. The van der Waals surface area contributed by atoms with Crippen molar-refractivity contribution in [2.45, 2.75) is 0 Å². The second-order valence-corrected chi connectivity index (χ2v) is 6.65. The minimum atomic E-state index is -0.551. The number of aromatic nitrogens is 4. The van der Waals surface area contributed by atoms with Crippen molar-refractivity contribution in [3.63, 3.8) is 0 Å². The Morgan fingerprint density at radius 2 is 1.90 bits per heavy atom. The second-order valence-electron chi connectivity index (χ2n) is 6.65. The quantitative estimate of drug-likeness (QED) is 0.542. The summed E-state index contributed by atoms with van der Waals surface area (Å²) in [6, 6.07) is 5.07. The van der Waals surface area contributed by atoms with Crippen LogP contribution in [0.3, 0.4) is 0 Å². The van der Waals surface area contributed by atoms with Crippen LogP contribution >= 0.6 is 0 Å². The molecule has 0 radical (unpaired) electrons. The first kappa shape index (κ1) is 20.0. The summed E-state index contributed by atoms with van der Waals surface area (Å²) in [5, 5.41) is 24.4. The minimum Gasteiger partial charge on any atom is -0.493 e. The molecule has 0 spiro atoms. The lowest BCUT2D eigenvalue weighted by Gasteiger charge is -2.34. The smallest absolute Gasteiger partial charge is 0.323 e. The third kappa shape index (κ3) is 3.44. The maximum absolute atomic E-state index is 12.6. The molecule has 0 saturated carbocycles. The van der Waals surface area contributed by atoms with Crippen LogP contribution in [0.2, 0.25) is 0 Å². The highest BCUT2D eigenvalue weighted by atomic mass is 16.8. The minimum absolute atomic E-state index is 0.0849. The molecule has 1 aliphatic rings. The summed E-state index contributed by atoms with van der Waals surface area (Å²) in [6.07, 6.45) is 0. The molecule has 2 aromatic heterocycles. The highest BCUT2D eigenvalue weighted by molar-refractivity contribution is 5.94. The van der Waals surface area contributed by atoms with Crippen LogP contribution in [0.5, 0.6) is 11.5 Å². The van der Waals surface area contributed by atoms with Crippen molar-refractivity contribution in [3.05, 3.63) is 28.7 Å². The molecule has 160 valence electrons. The van der Waals surface area contributed by atoms with E-state index in [1.54, 1.807) is 18.2 Å². The Hall–Kier alpha value is -4.34. The van der Waals surface area contributed by atoms with Crippen molar-refractivity contribution in [2.75, 3.05) is 51.0 Å². The zero-order valence-electron chi connectivity index (χ0n) is 16.7. The highest BCUT2D eigenvalue weighted by Crippen LogP contribution is 2.34. The molecule has 3 aromatic rings. The molecule has 3 heterocycles. The van der Waals surface area contributed by atoms with Crippen LogP contribution in [-0.2, 0) is 0 Å². The number of hydrogen-bond donors (Lipinski definition) is 1. The highest BCUT2D eigenvalue weighted by Gasteiger charge is 2.33. The number of piperazine rings is 1. The second kappa shape index (κ2) is 7.82. The molecule has 1 saturated heterocycles. The average molecular weight is 426 g/mol. The summed E-state index contributed by atoms with van der Waals surface area (Å²) in [7, 11) is 3.07. The van der Waals surface area contributed by atoms with E-state index >= 15 is 0 Å². The van der Waals surface area contributed by atoms with Crippen LogP contribution in [0.15, 0.2) is 16.8 Å². The Labute approximate surface area is 175 Å². The number of fused-ring (bicyclic) bond motifs is 1. The van der Waals surface area contributed by atoms with Gasteiger partial charge in [0.25, 0.3) is 0 Å². The van der Waals surface area contributed by atoms with Crippen LogP contribution < -0.4 is 25.0 Å². The molecule has 2 N–H and O–H groups in total. The SMILES string of the molecule is COc1cc2nc(N3CCN(C(=O)c4no[n+]([O-])c4C#N)CC3)nc(N)c2cc1OC. The standard InChI is InChI=1S/C18H18N8O5/c1-29-13-7-10-11(8-14(13)30-2)21-18(22-16(10)20)25-5-3-24(4-6-25)17(27)15-12(9-19)26(28)31-23-15/h7-8H,3-6H2,1-2H3,(H2,20,21,22). The van der Waals surface area contributed by atoms with Gasteiger partial charge in [-0.1, -0.05) is 0 Å². The summed E-state index contributed by atoms with van der Waals surface area (Å²) in [6.45, 7) is 1.45. The van der Waals surface area contributed by atoms with Gasteiger partial charge in [-0.05, 0) is 11.0 Å². The molecule has 1 fully saturated rings. The van der Waals surface area contributed by atoms with E-state index in [0.29, 0.717) is 60.3 Å². The lowest BCUT2D eigenvalue weighted by molar-refractivity contribution is -0.804. The van der Waals surface area contributed by atoms with E-state index in [9.17, 15) is 10.0 Å². The molecule has 4 rings (SSSR count). The fourth-order valence-corrected chi connectivity index (χ4v) is 3.35. The predicted molar refractivity (Wildman–Crippen MR) is 105 cm³/mol. The number of ether oxygens (including phenoxy) is 2. The molecule has 0 aliphatic carbocycles. The molecule has 13 heteroatoms. The third-order valence-corrected chi connectivity index (χ3v) is 4.99. The monoisotopic (exact) mass is 426 g/mol. The van der Waals surface area contributed by atoms with E-state index < -0.39 is 11.6 Å². The molecule has 31 heavy (non-hydrogen) atoms. The molecular weight excluding hydrogens is 408 g/mol. The zero-order valence-corrected chi connectivity index (χ0v) is 16.7. The number of hydrogen-bond acceptors (Lipinski definition) is 11. The number of nitrogens with zero attached hydrogens (tertiary/aromatic N) is 7. The fourth-order valence-electron chi connectivity index (χ4n) is 3.35. The Bertz CT molecular complexity index is 1200. The molecule has 0 bridgehead atoms.